The molecule has 0 atom stereocenters. The van der Waals surface area contributed by atoms with Crippen molar-refractivity contribution in [1.29, 1.82) is 0 Å². The van der Waals surface area contributed by atoms with Crippen molar-refractivity contribution in [3.05, 3.63) is 0 Å². The highest BCUT2D eigenvalue weighted by atomic mass is 16.2. The molecular weight excluding hydrogens is 150 g/mol. The first-order valence-electron chi connectivity index (χ1n) is 4.64. The molecule has 0 aromatic carbocycles. The number of unbranched alkanes of at least 4 members (excludes halogenated alkanes) is 1. The van der Waals surface area contributed by atoms with E-state index in [0.29, 0.717) is 0 Å². The lowest BCUT2D eigenvalue weighted by Gasteiger charge is -2.16. The van der Waals surface area contributed by atoms with Gasteiger partial charge in [-0.2, -0.15) is 0 Å². The smallest absolute Gasteiger partial charge is 0.104 e. The normalized spacial score (nSPS) is 9.67. The summed E-state index contributed by atoms with van der Waals surface area (Å²) in [6.07, 6.45) is 2.01. The van der Waals surface area contributed by atoms with Gasteiger partial charge in [-0.05, 0) is 26.1 Å². The maximum atomic E-state index is 8.38. The lowest BCUT2D eigenvalue weighted by atomic mass is 10.3. The average Bonchev–Trinajstić information content (AvgIpc) is 2.11. The Labute approximate surface area is 75.6 Å². The lowest BCUT2D eigenvalue weighted by molar-refractivity contribution is 0.301. The Kier molecular flexibility index (Phi) is 8.20. The molecule has 0 saturated heterocycles. The lowest BCUT2D eigenvalue weighted by Crippen LogP contribution is -2.23. The summed E-state index contributed by atoms with van der Waals surface area (Å²) < 4.78 is 0. The predicted octanol–water partition coefficient (Wildman–Crippen LogP) is 1.10. The fourth-order valence-corrected chi connectivity index (χ4v) is 1.08. The molecule has 0 aromatic heterocycles. The van der Waals surface area contributed by atoms with E-state index in [2.05, 4.69) is 30.6 Å². The monoisotopic (exact) mass is 169 g/mol. The minimum absolute atomic E-state index is 0.00866. The molecule has 0 bridgehead atoms. The second kappa shape index (κ2) is 8.58. The van der Waals surface area contributed by atoms with Gasteiger partial charge in [-0.25, -0.2) is 0 Å². The van der Waals surface area contributed by atoms with Crippen molar-refractivity contribution < 1.29 is 5.11 Å². The van der Waals surface area contributed by atoms with Crippen molar-refractivity contribution in [1.82, 2.24) is 4.90 Å². The van der Waals surface area contributed by atoms with E-state index < -0.39 is 0 Å². The first-order chi connectivity index (χ1) is 5.85. The van der Waals surface area contributed by atoms with Crippen LogP contribution in [0.4, 0.5) is 0 Å². The first kappa shape index (κ1) is 11.5. The quantitative estimate of drug-likeness (QED) is 0.492. The maximum absolute atomic E-state index is 8.38. The second-order valence-corrected chi connectivity index (χ2v) is 2.64. The Balaban J connectivity index is 3.28. The average molecular weight is 169 g/mol. The summed E-state index contributed by atoms with van der Waals surface area (Å²) in [5.74, 6) is 5.56. The molecule has 0 unspecified atom stereocenters. The third-order valence-electron chi connectivity index (χ3n) is 1.87. The molecule has 0 fully saturated rings. The number of aliphatic hydroxyl groups is 1. The Hall–Kier alpha value is -0.520. The predicted molar refractivity (Wildman–Crippen MR) is 51.9 cm³/mol. The standard InChI is InChI=1S/C10H19NO/c1-3-11(4-2)9-7-5-6-8-10-12/h12H,3-5,7,9-10H2,1-2H3. The molecule has 0 spiro atoms. The molecule has 70 valence electrons. The second-order valence-electron chi connectivity index (χ2n) is 2.64. The number of rotatable bonds is 5. The Morgan fingerprint density at radius 2 is 1.83 bits per heavy atom. The topological polar surface area (TPSA) is 23.5 Å². The van der Waals surface area contributed by atoms with Gasteiger partial charge < -0.3 is 10.0 Å². The molecule has 0 aliphatic heterocycles. The van der Waals surface area contributed by atoms with Gasteiger partial charge in [0.25, 0.3) is 0 Å². The Morgan fingerprint density at radius 1 is 1.17 bits per heavy atom. The van der Waals surface area contributed by atoms with Crippen LogP contribution in [0.3, 0.4) is 0 Å². The minimum atomic E-state index is -0.00866. The van der Waals surface area contributed by atoms with E-state index in [1.165, 1.54) is 0 Å². The highest BCUT2D eigenvalue weighted by Crippen LogP contribution is 1.93. The molecule has 0 heterocycles. The van der Waals surface area contributed by atoms with Crippen molar-refractivity contribution in [2.75, 3.05) is 26.2 Å². The van der Waals surface area contributed by atoms with Crippen molar-refractivity contribution in [3.8, 4) is 11.8 Å². The zero-order valence-electron chi connectivity index (χ0n) is 8.14. The summed E-state index contributed by atoms with van der Waals surface area (Å²) in [5.41, 5.74) is 0. The van der Waals surface area contributed by atoms with Gasteiger partial charge >= 0.3 is 0 Å². The fraction of sp³-hybridized carbons (Fsp3) is 0.800. The van der Waals surface area contributed by atoms with Gasteiger partial charge in [0.05, 0.1) is 0 Å². The van der Waals surface area contributed by atoms with Crippen LogP contribution in [0.15, 0.2) is 0 Å². The third kappa shape index (κ3) is 6.21. The van der Waals surface area contributed by atoms with Crippen LogP contribution in [0, 0.1) is 11.8 Å². The van der Waals surface area contributed by atoms with Gasteiger partial charge in [-0.3, -0.25) is 0 Å². The molecule has 0 amide bonds. The first-order valence-corrected chi connectivity index (χ1v) is 4.64. The van der Waals surface area contributed by atoms with Gasteiger partial charge in [0.2, 0.25) is 0 Å². The van der Waals surface area contributed by atoms with Crippen LogP contribution < -0.4 is 0 Å². The molecule has 0 radical (unpaired) electrons. The third-order valence-corrected chi connectivity index (χ3v) is 1.87. The van der Waals surface area contributed by atoms with E-state index in [4.69, 9.17) is 5.11 Å². The van der Waals surface area contributed by atoms with Gasteiger partial charge in [0.1, 0.15) is 6.61 Å². The molecule has 1 N–H and O–H groups in total. The summed E-state index contributed by atoms with van der Waals surface area (Å²) in [4.78, 5) is 2.38. The molecule has 0 saturated carbocycles. The SMILES string of the molecule is CCN(CC)CCCC#CCO. The van der Waals surface area contributed by atoms with E-state index in [1.54, 1.807) is 0 Å². The van der Waals surface area contributed by atoms with Crippen LogP contribution in [-0.2, 0) is 0 Å². The highest BCUT2D eigenvalue weighted by Gasteiger charge is 1.95. The summed E-state index contributed by atoms with van der Waals surface area (Å²) in [6, 6.07) is 0. The molecular formula is C10H19NO. The van der Waals surface area contributed by atoms with E-state index >= 15 is 0 Å². The minimum Gasteiger partial charge on any atom is -0.384 e. The summed E-state index contributed by atoms with van der Waals surface area (Å²) >= 11 is 0. The van der Waals surface area contributed by atoms with E-state index in [0.717, 1.165) is 32.5 Å². The molecule has 0 aliphatic rings. The van der Waals surface area contributed by atoms with E-state index in [9.17, 15) is 0 Å². The molecule has 12 heavy (non-hydrogen) atoms. The van der Waals surface area contributed by atoms with Crippen molar-refractivity contribution in [3.63, 3.8) is 0 Å². The fourth-order valence-electron chi connectivity index (χ4n) is 1.08. The van der Waals surface area contributed by atoms with Gasteiger partial charge in [-0.1, -0.05) is 19.8 Å². The van der Waals surface area contributed by atoms with Crippen molar-refractivity contribution in [2.45, 2.75) is 26.7 Å². The highest BCUT2D eigenvalue weighted by molar-refractivity contribution is 4.98. The van der Waals surface area contributed by atoms with Crippen molar-refractivity contribution >= 4 is 0 Å². The van der Waals surface area contributed by atoms with Gasteiger partial charge in [0.15, 0.2) is 0 Å². The van der Waals surface area contributed by atoms with Crippen molar-refractivity contribution in [2.24, 2.45) is 0 Å². The molecule has 2 heteroatoms. The van der Waals surface area contributed by atoms with Crippen LogP contribution in [0.5, 0.6) is 0 Å². The largest absolute Gasteiger partial charge is 0.384 e. The Bertz CT molecular complexity index is 142. The van der Waals surface area contributed by atoms with Crippen LogP contribution in [0.2, 0.25) is 0 Å². The van der Waals surface area contributed by atoms with E-state index in [-0.39, 0.29) is 6.61 Å². The van der Waals surface area contributed by atoms with Crippen LogP contribution >= 0.6 is 0 Å². The van der Waals surface area contributed by atoms with Gasteiger partial charge in [0, 0.05) is 6.42 Å². The number of nitrogens with zero attached hydrogens (tertiary/aromatic N) is 1. The van der Waals surface area contributed by atoms with Crippen LogP contribution in [0.25, 0.3) is 0 Å². The summed E-state index contributed by atoms with van der Waals surface area (Å²) in [5, 5.41) is 8.38. The molecule has 2 nitrogen and oxygen atoms in total. The summed E-state index contributed by atoms with van der Waals surface area (Å²) in [6.45, 7) is 7.68. The van der Waals surface area contributed by atoms with E-state index in [1.807, 2.05) is 0 Å². The summed E-state index contributed by atoms with van der Waals surface area (Å²) in [7, 11) is 0. The maximum Gasteiger partial charge on any atom is 0.104 e. The molecule has 0 aliphatic carbocycles. The molecule has 0 rings (SSSR count). The number of hydrogen-bond acceptors (Lipinski definition) is 2. The van der Waals surface area contributed by atoms with Crippen LogP contribution in [-0.4, -0.2) is 36.2 Å². The Morgan fingerprint density at radius 3 is 2.33 bits per heavy atom. The van der Waals surface area contributed by atoms with Crippen LogP contribution in [0.1, 0.15) is 26.7 Å². The zero-order valence-corrected chi connectivity index (χ0v) is 8.14. The molecule has 0 aromatic rings. The zero-order chi connectivity index (χ0) is 9.23. The number of aliphatic hydroxyl groups excluding tert-OH is 1. The number of hydrogen-bond donors (Lipinski definition) is 1. The van der Waals surface area contributed by atoms with Gasteiger partial charge in [-0.15, -0.1) is 5.92 Å².